The van der Waals surface area contributed by atoms with Crippen LogP contribution in [0.3, 0.4) is 0 Å². The maximum Gasteiger partial charge on any atom is 0.254 e. The van der Waals surface area contributed by atoms with E-state index in [1.54, 1.807) is 0 Å². The van der Waals surface area contributed by atoms with Gasteiger partial charge in [-0.2, -0.15) is 0 Å². The Kier molecular flexibility index (Phi) is 1.45. The maximum atomic E-state index is 11.8. The summed E-state index contributed by atoms with van der Waals surface area (Å²) in [6.07, 6.45) is 2.39. The van der Waals surface area contributed by atoms with Gasteiger partial charge in [0.2, 0.25) is 0 Å². The Balaban J connectivity index is 2.30. The Labute approximate surface area is 82.6 Å². The SMILES string of the molecule is Cc1nc2c(c(=O)[nH]1)C1CCC2C1C. The first-order valence-corrected chi connectivity index (χ1v) is 5.29. The molecule has 2 aliphatic carbocycles. The normalized spacial score (nSPS) is 33.4. The van der Waals surface area contributed by atoms with Gasteiger partial charge in [-0.05, 0) is 31.6 Å². The van der Waals surface area contributed by atoms with Crippen molar-refractivity contribution in [3.05, 3.63) is 27.4 Å². The van der Waals surface area contributed by atoms with Crippen LogP contribution in [-0.2, 0) is 0 Å². The van der Waals surface area contributed by atoms with Crippen LogP contribution in [0, 0.1) is 12.8 Å². The van der Waals surface area contributed by atoms with E-state index in [4.69, 9.17) is 0 Å². The molecule has 1 saturated carbocycles. The van der Waals surface area contributed by atoms with E-state index < -0.39 is 0 Å². The average molecular weight is 190 g/mol. The highest BCUT2D eigenvalue weighted by molar-refractivity contribution is 5.36. The van der Waals surface area contributed by atoms with E-state index in [2.05, 4.69) is 16.9 Å². The van der Waals surface area contributed by atoms with Crippen LogP contribution in [0.4, 0.5) is 0 Å². The molecular formula is C11H14N2O. The van der Waals surface area contributed by atoms with Crippen LogP contribution < -0.4 is 5.56 Å². The second-order valence-electron chi connectivity index (χ2n) is 4.60. The van der Waals surface area contributed by atoms with Gasteiger partial charge in [0, 0.05) is 11.5 Å². The molecule has 0 spiro atoms. The Bertz CT molecular complexity index is 449. The number of fused-ring (bicyclic) bond motifs is 5. The molecule has 1 aromatic heterocycles. The fourth-order valence-electron chi connectivity index (χ4n) is 3.22. The molecule has 1 fully saturated rings. The van der Waals surface area contributed by atoms with Crippen molar-refractivity contribution in [3.8, 4) is 0 Å². The molecule has 14 heavy (non-hydrogen) atoms. The number of H-pyrrole nitrogens is 1. The van der Waals surface area contributed by atoms with Crippen LogP contribution in [0.5, 0.6) is 0 Å². The average Bonchev–Trinajstić information content (AvgIpc) is 2.59. The largest absolute Gasteiger partial charge is 0.311 e. The molecule has 1 aromatic rings. The van der Waals surface area contributed by atoms with E-state index in [1.165, 1.54) is 12.8 Å². The van der Waals surface area contributed by atoms with Gasteiger partial charge in [-0.1, -0.05) is 6.92 Å². The van der Waals surface area contributed by atoms with Crippen molar-refractivity contribution in [3.63, 3.8) is 0 Å². The molecule has 0 saturated heterocycles. The molecule has 2 aliphatic rings. The number of hydrogen-bond donors (Lipinski definition) is 1. The maximum absolute atomic E-state index is 11.8. The molecule has 0 aromatic carbocycles. The molecule has 0 aliphatic heterocycles. The molecule has 3 unspecified atom stereocenters. The van der Waals surface area contributed by atoms with Crippen molar-refractivity contribution in [1.82, 2.24) is 9.97 Å². The predicted molar refractivity (Wildman–Crippen MR) is 53.5 cm³/mol. The molecule has 3 atom stereocenters. The third kappa shape index (κ3) is 0.825. The van der Waals surface area contributed by atoms with Gasteiger partial charge in [0.15, 0.2) is 0 Å². The van der Waals surface area contributed by atoms with Gasteiger partial charge in [-0.3, -0.25) is 4.79 Å². The molecule has 74 valence electrons. The summed E-state index contributed by atoms with van der Waals surface area (Å²) in [6, 6.07) is 0. The fraction of sp³-hybridized carbons (Fsp3) is 0.636. The third-order valence-corrected chi connectivity index (χ3v) is 3.88. The summed E-state index contributed by atoms with van der Waals surface area (Å²) in [4.78, 5) is 19.1. The summed E-state index contributed by atoms with van der Waals surface area (Å²) < 4.78 is 0. The zero-order valence-corrected chi connectivity index (χ0v) is 8.50. The predicted octanol–water partition coefficient (Wildman–Crippen LogP) is 1.69. The molecular weight excluding hydrogens is 176 g/mol. The van der Waals surface area contributed by atoms with Crippen LogP contribution >= 0.6 is 0 Å². The van der Waals surface area contributed by atoms with E-state index in [1.807, 2.05) is 6.92 Å². The molecule has 0 radical (unpaired) electrons. The van der Waals surface area contributed by atoms with Crippen molar-refractivity contribution in [2.45, 2.75) is 38.5 Å². The van der Waals surface area contributed by atoms with E-state index in [0.29, 0.717) is 17.8 Å². The number of nitrogens with zero attached hydrogens (tertiary/aromatic N) is 1. The quantitative estimate of drug-likeness (QED) is 0.676. The van der Waals surface area contributed by atoms with Gasteiger partial charge < -0.3 is 4.98 Å². The lowest BCUT2D eigenvalue weighted by atomic mass is 9.96. The minimum atomic E-state index is 0.103. The van der Waals surface area contributed by atoms with Crippen molar-refractivity contribution >= 4 is 0 Å². The topological polar surface area (TPSA) is 45.8 Å². The standard InChI is InChI=1S/C11H14N2O/c1-5-7-3-4-8(5)10-9(7)11(14)13-6(2)12-10/h5,7-8H,3-4H2,1-2H3,(H,12,13,14). The van der Waals surface area contributed by atoms with Crippen molar-refractivity contribution in [2.75, 3.05) is 0 Å². The first-order valence-electron chi connectivity index (χ1n) is 5.29. The summed E-state index contributed by atoms with van der Waals surface area (Å²) in [5.74, 6) is 2.41. The smallest absolute Gasteiger partial charge is 0.254 e. The Morgan fingerprint density at radius 3 is 2.86 bits per heavy atom. The number of nitrogens with one attached hydrogen (secondary N) is 1. The summed E-state index contributed by atoms with van der Waals surface area (Å²) >= 11 is 0. The zero-order valence-electron chi connectivity index (χ0n) is 8.50. The zero-order chi connectivity index (χ0) is 9.87. The Hall–Kier alpha value is -1.12. The Morgan fingerprint density at radius 1 is 1.36 bits per heavy atom. The number of aryl methyl sites for hydroxylation is 1. The molecule has 2 bridgehead atoms. The van der Waals surface area contributed by atoms with Crippen LogP contribution in [0.2, 0.25) is 0 Å². The van der Waals surface area contributed by atoms with E-state index in [0.717, 1.165) is 17.1 Å². The van der Waals surface area contributed by atoms with Gasteiger partial charge in [0.05, 0.1) is 5.69 Å². The van der Waals surface area contributed by atoms with E-state index in [-0.39, 0.29) is 5.56 Å². The second-order valence-corrected chi connectivity index (χ2v) is 4.60. The highest BCUT2D eigenvalue weighted by atomic mass is 16.1. The van der Waals surface area contributed by atoms with Gasteiger partial charge in [-0.25, -0.2) is 4.98 Å². The van der Waals surface area contributed by atoms with Crippen LogP contribution in [0.15, 0.2) is 4.79 Å². The molecule has 3 nitrogen and oxygen atoms in total. The Morgan fingerprint density at radius 2 is 2.07 bits per heavy atom. The number of aromatic nitrogens is 2. The van der Waals surface area contributed by atoms with Gasteiger partial charge in [0.25, 0.3) is 5.56 Å². The summed E-state index contributed by atoms with van der Waals surface area (Å²) in [6.45, 7) is 4.11. The van der Waals surface area contributed by atoms with E-state index in [9.17, 15) is 4.79 Å². The molecule has 3 heteroatoms. The number of rotatable bonds is 0. The van der Waals surface area contributed by atoms with Crippen LogP contribution in [0.25, 0.3) is 0 Å². The summed E-state index contributed by atoms with van der Waals surface area (Å²) in [5.41, 5.74) is 2.18. The number of aromatic amines is 1. The summed E-state index contributed by atoms with van der Waals surface area (Å²) in [5, 5.41) is 0. The first-order chi connectivity index (χ1) is 6.68. The minimum Gasteiger partial charge on any atom is -0.311 e. The van der Waals surface area contributed by atoms with E-state index >= 15 is 0 Å². The van der Waals surface area contributed by atoms with Crippen LogP contribution in [-0.4, -0.2) is 9.97 Å². The minimum absolute atomic E-state index is 0.103. The fourth-order valence-corrected chi connectivity index (χ4v) is 3.22. The lowest BCUT2D eigenvalue weighted by Gasteiger charge is -2.12. The first kappa shape index (κ1) is 8.21. The van der Waals surface area contributed by atoms with Gasteiger partial charge in [0.1, 0.15) is 5.82 Å². The van der Waals surface area contributed by atoms with Crippen molar-refractivity contribution in [2.24, 2.45) is 5.92 Å². The van der Waals surface area contributed by atoms with Gasteiger partial charge >= 0.3 is 0 Å². The van der Waals surface area contributed by atoms with Crippen LogP contribution in [0.1, 0.15) is 48.7 Å². The second kappa shape index (κ2) is 2.47. The van der Waals surface area contributed by atoms with Crippen molar-refractivity contribution < 1.29 is 0 Å². The van der Waals surface area contributed by atoms with Crippen molar-refractivity contribution in [1.29, 1.82) is 0 Å². The summed E-state index contributed by atoms with van der Waals surface area (Å²) in [7, 11) is 0. The lowest BCUT2D eigenvalue weighted by molar-refractivity contribution is 0.527. The highest BCUT2D eigenvalue weighted by Gasteiger charge is 2.46. The number of hydrogen-bond acceptors (Lipinski definition) is 2. The molecule has 3 rings (SSSR count). The van der Waals surface area contributed by atoms with Gasteiger partial charge in [-0.15, -0.1) is 0 Å². The third-order valence-electron chi connectivity index (χ3n) is 3.88. The monoisotopic (exact) mass is 190 g/mol. The lowest BCUT2D eigenvalue weighted by Crippen LogP contribution is -2.19. The molecule has 1 heterocycles. The highest BCUT2D eigenvalue weighted by Crippen LogP contribution is 2.54. The molecule has 0 amide bonds. The molecule has 1 N–H and O–H groups in total.